The smallest absolute Gasteiger partial charge is 0.410 e. The van der Waals surface area contributed by atoms with Crippen LogP contribution in [0, 0.1) is 0 Å². The number of nitrogens with zero attached hydrogens (tertiary/aromatic N) is 1. The largest absolute Gasteiger partial charge is 0.466 e. The second kappa shape index (κ2) is 7.62. The van der Waals surface area contributed by atoms with Crippen LogP contribution < -0.4 is 0 Å². The van der Waals surface area contributed by atoms with Crippen molar-refractivity contribution in [3.8, 4) is 0 Å². The van der Waals surface area contributed by atoms with Crippen molar-refractivity contribution >= 4 is 18.5 Å². The van der Waals surface area contributed by atoms with E-state index in [1.165, 1.54) is 12.0 Å². The van der Waals surface area contributed by atoms with Crippen molar-refractivity contribution in [1.82, 2.24) is 4.90 Å². The van der Waals surface area contributed by atoms with E-state index in [4.69, 9.17) is 9.47 Å². The average molecular weight is 321 g/mol. The maximum absolute atomic E-state index is 12.1. The molecule has 1 heterocycles. The molecular weight excluding hydrogens is 302 g/mol. The van der Waals surface area contributed by atoms with Crippen molar-refractivity contribution in [2.75, 3.05) is 20.2 Å². The summed E-state index contributed by atoms with van der Waals surface area (Å²) in [5.41, 5.74) is -0.418. The Morgan fingerprint density at radius 1 is 1.22 bits per heavy atom. The van der Waals surface area contributed by atoms with E-state index in [2.05, 4.69) is 4.74 Å². The molecule has 2 rings (SSSR count). The Labute approximate surface area is 134 Å². The molecule has 7 heteroatoms. The zero-order chi connectivity index (χ0) is 16.7. The first-order valence-electron chi connectivity index (χ1n) is 7.27. The van der Waals surface area contributed by atoms with Gasteiger partial charge in [-0.2, -0.15) is 0 Å². The van der Waals surface area contributed by atoms with Crippen molar-refractivity contribution in [3.05, 3.63) is 35.9 Å². The molecule has 1 aliphatic heterocycles. The highest BCUT2D eigenvalue weighted by atomic mass is 16.6. The molecular formula is C16H19NO6. The number of esters is 1. The van der Waals surface area contributed by atoms with Crippen molar-refractivity contribution in [2.24, 2.45) is 0 Å². The first-order chi connectivity index (χ1) is 11.1. The number of benzene rings is 1. The second-order valence-electron chi connectivity index (χ2n) is 5.23. The van der Waals surface area contributed by atoms with Gasteiger partial charge in [-0.3, -0.25) is 4.79 Å². The van der Waals surface area contributed by atoms with Crippen molar-refractivity contribution in [3.63, 3.8) is 0 Å². The van der Waals surface area contributed by atoms with Gasteiger partial charge in [-0.1, -0.05) is 30.3 Å². The number of rotatable bonds is 5. The molecule has 1 saturated heterocycles. The van der Waals surface area contributed by atoms with E-state index in [1.54, 1.807) is 0 Å². The average Bonchev–Trinajstić information content (AvgIpc) is 2.60. The molecule has 23 heavy (non-hydrogen) atoms. The van der Waals surface area contributed by atoms with Gasteiger partial charge in [0.25, 0.3) is 6.47 Å². The fourth-order valence-electron chi connectivity index (χ4n) is 2.51. The Morgan fingerprint density at radius 3 is 2.43 bits per heavy atom. The lowest BCUT2D eigenvalue weighted by Crippen LogP contribution is -2.52. The summed E-state index contributed by atoms with van der Waals surface area (Å²) in [6.07, 6.45) is -0.101. The monoisotopic (exact) mass is 321 g/mol. The number of amides is 1. The minimum Gasteiger partial charge on any atom is -0.466 e. The van der Waals surface area contributed by atoms with Crippen molar-refractivity contribution in [2.45, 2.75) is 25.0 Å². The quantitative estimate of drug-likeness (QED) is 0.464. The van der Waals surface area contributed by atoms with E-state index in [9.17, 15) is 14.4 Å². The van der Waals surface area contributed by atoms with E-state index >= 15 is 0 Å². The number of piperidine rings is 1. The second-order valence-corrected chi connectivity index (χ2v) is 5.23. The zero-order valence-electron chi connectivity index (χ0n) is 12.9. The molecule has 0 saturated carbocycles. The summed E-state index contributed by atoms with van der Waals surface area (Å²) in [5, 5.41) is 0. The van der Waals surface area contributed by atoms with Crippen LogP contribution in [-0.2, 0) is 30.4 Å². The minimum atomic E-state index is -1.31. The number of carbonyl (C=O) groups excluding carboxylic acids is 3. The maximum atomic E-state index is 12.1. The predicted octanol–water partition coefficient (Wildman–Crippen LogP) is 1.50. The Hall–Kier alpha value is -2.57. The van der Waals surface area contributed by atoms with E-state index < -0.39 is 17.7 Å². The highest BCUT2D eigenvalue weighted by Gasteiger charge is 2.45. The van der Waals surface area contributed by atoms with Gasteiger partial charge in [-0.15, -0.1) is 0 Å². The number of hydrogen-bond donors (Lipinski definition) is 0. The van der Waals surface area contributed by atoms with Gasteiger partial charge >= 0.3 is 12.1 Å². The van der Waals surface area contributed by atoms with Crippen molar-refractivity contribution < 1.29 is 28.6 Å². The van der Waals surface area contributed by atoms with Crippen LogP contribution in [0.4, 0.5) is 4.79 Å². The predicted molar refractivity (Wildman–Crippen MR) is 79.3 cm³/mol. The highest BCUT2D eigenvalue weighted by molar-refractivity contribution is 5.81. The molecule has 0 bridgehead atoms. The summed E-state index contributed by atoms with van der Waals surface area (Å²) in [5.74, 6) is -0.609. The number of likely N-dealkylation sites (tertiary alicyclic amines) is 1. The summed E-state index contributed by atoms with van der Waals surface area (Å²) >= 11 is 0. The van der Waals surface area contributed by atoms with Crippen LogP contribution in [0.5, 0.6) is 0 Å². The molecule has 0 aliphatic carbocycles. The third-order valence-corrected chi connectivity index (χ3v) is 3.87. The molecule has 1 aromatic carbocycles. The molecule has 1 amide bonds. The molecule has 0 aromatic heterocycles. The van der Waals surface area contributed by atoms with Gasteiger partial charge in [0.05, 0.1) is 7.11 Å². The molecule has 7 nitrogen and oxygen atoms in total. The topological polar surface area (TPSA) is 82.1 Å². The number of hydrogen-bond acceptors (Lipinski definition) is 6. The van der Waals surface area contributed by atoms with Gasteiger partial charge in [0, 0.05) is 25.9 Å². The molecule has 0 spiro atoms. The van der Waals surface area contributed by atoms with Crippen LogP contribution in [0.25, 0.3) is 0 Å². The fraction of sp³-hybridized carbons (Fsp3) is 0.438. The summed E-state index contributed by atoms with van der Waals surface area (Å²) in [4.78, 5) is 36.0. The minimum absolute atomic E-state index is 0.179. The lowest BCUT2D eigenvalue weighted by atomic mass is 9.91. The number of carbonyl (C=O) groups is 3. The Balaban J connectivity index is 1.88. The van der Waals surface area contributed by atoms with E-state index in [1.807, 2.05) is 30.3 Å². The molecule has 0 radical (unpaired) electrons. The van der Waals surface area contributed by atoms with E-state index in [-0.39, 0.29) is 39.0 Å². The van der Waals surface area contributed by atoms with Gasteiger partial charge in [-0.25, -0.2) is 9.59 Å². The van der Waals surface area contributed by atoms with Crippen LogP contribution in [0.1, 0.15) is 18.4 Å². The molecule has 1 aromatic rings. The molecule has 1 fully saturated rings. The van der Waals surface area contributed by atoms with E-state index in [0.717, 1.165) is 5.56 Å². The molecule has 0 unspecified atom stereocenters. The zero-order valence-corrected chi connectivity index (χ0v) is 12.9. The third kappa shape index (κ3) is 4.00. The standard InChI is InChI=1S/C16H19NO6/c1-21-14(19)16(23-12-18)7-9-17(10-8-16)15(20)22-11-13-5-3-2-4-6-13/h2-6,12H,7-11H2,1H3. The number of methoxy groups -OCH3 is 1. The van der Waals surface area contributed by atoms with Gasteiger partial charge in [-0.05, 0) is 5.56 Å². The summed E-state index contributed by atoms with van der Waals surface area (Å²) in [7, 11) is 1.23. The Morgan fingerprint density at radius 2 is 1.87 bits per heavy atom. The van der Waals surface area contributed by atoms with Crippen LogP contribution >= 0.6 is 0 Å². The highest BCUT2D eigenvalue weighted by Crippen LogP contribution is 2.27. The molecule has 0 atom stereocenters. The maximum Gasteiger partial charge on any atom is 0.410 e. The molecule has 1 aliphatic rings. The first-order valence-corrected chi connectivity index (χ1v) is 7.27. The summed E-state index contributed by atoms with van der Waals surface area (Å²) in [6, 6.07) is 9.35. The van der Waals surface area contributed by atoms with Gasteiger partial charge in [0.15, 0.2) is 0 Å². The Bertz CT molecular complexity index is 551. The van der Waals surface area contributed by atoms with Gasteiger partial charge in [0.1, 0.15) is 6.61 Å². The van der Waals surface area contributed by atoms with Crippen LogP contribution in [-0.4, -0.2) is 49.2 Å². The fourth-order valence-corrected chi connectivity index (χ4v) is 2.51. The van der Waals surface area contributed by atoms with E-state index in [0.29, 0.717) is 0 Å². The normalized spacial score (nSPS) is 16.3. The van der Waals surface area contributed by atoms with Gasteiger partial charge in [0.2, 0.25) is 5.60 Å². The molecule has 124 valence electrons. The number of ether oxygens (including phenoxy) is 3. The first kappa shape index (κ1) is 16.8. The lowest BCUT2D eigenvalue weighted by molar-refractivity contribution is -0.178. The van der Waals surface area contributed by atoms with Crippen LogP contribution in [0.2, 0.25) is 0 Å². The molecule has 0 N–H and O–H groups in total. The van der Waals surface area contributed by atoms with Crippen LogP contribution in [0.15, 0.2) is 30.3 Å². The Kier molecular flexibility index (Phi) is 5.56. The van der Waals surface area contributed by atoms with Crippen molar-refractivity contribution in [1.29, 1.82) is 0 Å². The lowest BCUT2D eigenvalue weighted by Gasteiger charge is -2.37. The summed E-state index contributed by atoms with van der Waals surface area (Å²) < 4.78 is 14.9. The van der Waals surface area contributed by atoms with Crippen LogP contribution in [0.3, 0.4) is 0 Å². The third-order valence-electron chi connectivity index (χ3n) is 3.87. The SMILES string of the molecule is COC(=O)C1(OC=O)CCN(C(=O)OCc2ccccc2)CC1. The summed E-state index contributed by atoms with van der Waals surface area (Å²) in [6.45, 7) is 0.913. The van der Waals surface area contributed by atoms with Gasteiger partial charge < -0.3 is 19.1 Å².